The Bertz CT molecular complexity index is 678. The molecule has 3 aromatic heterocycles. The highest BCUT2D eigenvalue weighted by Gasteiger charge is 2.30. The van der Waals surface area contributed by atoms with Crippen LogP contribution in [-0.2, 0) is 0 Å². The lowest BCUT2D eigenvalue weighted by molar-refractivity contribution is 0.552. The van der Waals surface area contributed by atoms with Crippen LogP contribution in [-0.4, -0.2) is 34.6 Å². The molecule has 0 aliphatic heterocycles. The van der Waals surface area contributed by atoms with Gasteiger partial charge in [0, 0.05) is 5.92 Å². The molecule has 3 aromatic rings. The van der Waals surface area contributed by atoms with Crippen molar-refractivity contribution in [1.82, 2.24) is 34.6 Å². The lowest BCUT2D eigenvalue weighted by Crippen LogP contribution is -2.07. The number of aromatic nitrogens is 7. The molecule has 0 bridgehead atoms. The molecule has 1 saturated carbocycles. The Morgan fingerprint density at radius 1 is 1.39 bits per heavy atom. The van der Waals surface area contributed by atoms with Crippen LogP contribution < -0.4 is 0 Å². The summed E-state index contributed by atoms with van der Waals surface area (Å²) >= 11 is 1.56. The minimum Gasteiger partial charge on any atom is -0.243 e. The van der Waals surface area contributed by atoms with Gasteiger partial charge in [-0.2, -0.15) is 14.7 Å². The van der Waals surface area contributed by atoms with Crippen molar-refractivity contribution in [2.45, 2.75) is 31.7 Å². The average molecular weight is 261 g/mol. The summed E-state index contributed by atoms with van der Waals surface area (Å²) < 4.78 is 3.67. The smallest absolute Gasteiger partial charge is 0.234 e. The van der Waals surface area contributed by atoms with Gasteiger partial charge >= 0.3 is 0 Å². The van der Waals surface area contributed by atoms with Gasteiger partial charge in [0.2, 0.25) is 4.96 Å². The normalized spacial score (nSPS) is 17.4. The fraction of sp³-hybridized carbons (Fsp3) is 0.500. The van der Waals surface area contributed by atoms with Gasteiger partial charge in [0.25, 0.3) is 0 Å². The van der Waals surface area contributed by atoms with E-state index < -0.39 is 0 Å². The molecule has 0 spiro atoms. The van der Waals surface area contributed by atoms with Gasteiger partial charge in [0.1, 0.15) is 23.7 Å². The summed E-state index contributed by atoms with van der Waals surface area (Å²) in [5.74, 6) is 1.55. The highest BCUT2D eigenvalue weighted by molar-refractivity contribution is 7.16. The minimum absolute atomic E-state index is 0.0752. The highest BCUT2D eigenvalue weighted by atomic mass is 32.1. The standard InChI is InChI=1S/C10H11N7S/c1-6(16-5-11-4-12-16)9-15-17-8(7-2-3-7)13-14-10(17)18-9/h4-7H,2-3H2,1H3. The largest absolute Gasteiger partial charge is 0.243 e. The topological polar surface area (TPSA) is 73.8 Å². The fourth-order valence-electron chi connectivity index (χ4n) is 1.94. The molecule has 92 valence electrons. The van der Waals surface area contributed by atoms with Crippen molar-refractivity contribution in [3.05, 3.63) is 23.5 Å². The van der Waals surface area contributed by atoms with Crippen LogP contribution in [0, 0.1) is 0 Å². The molecular weight excluding hydrogens is 250 g/mol. The first-order chi connectivity index (χ1) is 8.83. The summed E-state index contributed by atoms with van der Waals surface area (Å²) in [6, 6.07) is 0.0752. The van der Waals surface area contributed by atoms with Gasteiger partial charge in [-0.1, -0.05) is 11.3 Å². The third kappa shape index (κ3) is 1.45. The molecule has 0 aromatic carbocycles. The summed E-state index contributed by atoms with van der Waals surface area (Å²) in [4.78, 5) is 4.82. The SMILES string of the molecule is CC(c1nn2c(C3CC3)nnc2s1)n1cncn1. The molecule has 1 fully saturated rings. The van der Waals surface area contributed by atoms with Crippen LogP contribution in [0.15, 0.2) is 12.7 Å². The molecule has 1 aliphatic rings. The number of hydrogen-bond donors (Lipinski definition) is 0. The van der Waals surface area contributed by atoms with Crippen LogP contribution in [0.1, 0.15) is 42.6 Å². The molecule has 0 radical (unpaired) electrons. The predicted octanol–water partition coefficient (Wildman–Crippen LogP) is 1.26. The van der Waals surface area contributed by atoms with E-state index in [4.69, 9.17) is 0 Å². The van der Waals surface area contributed by atoms with Gasteiger partial charge in [-0.15, -0.1) is 10.2 Å². The van der Waals surface area contributed by atoms with Crippen LogP contribution in [0.2, 0.25) is 0 Å². The van der Waals surface area contributed by atoms with E-state index in [1.807, 2.05) is 4.52 Å². The van der Waals surface area contributed by atoms with E-state index in [9.17, 15) is 0 Å². The Kier molecular flexibility index (Phi) is 2.01. The number of fused-ring (bicyclic) bond motifs is 1. The molecule has 4 rings (SSSR count). The van der Waals surface area contributed by atoms with Crippen LogP contribution in [0.25, 0.3) is 4.96 Å². The van der Waals surface area contributed by atoms with Crippen molar-refractivity contribution in [3.63, 3.8) is 0 Å². The van der Waals surface area contributed by atoms with E-state index in [0.29, 0.717) is 5.92 Å². The number of rotatable bonds is 3. The quantitative estimate of drug-likeness (QED) is 0.709. The van der Waals surface area contributed by atoms with Crippen LogP contribution in [0.4, 0.5) is 0 Å². The first-order valence-corrected chi connectivity index (χ1v) is 6.70. The molecular formula is C10H11N7S. The summed E-state index contributed by atoms with van der Waals surface area (Å²) in [6.45, 7) is 2.05. The third-order valence-electron chi connectivity index (χ3n) is 3.16. The van der Waals surface area contributed by atoms with Gasteiger partial charge in [-0.25, -0.2) is 9.67 Å². The third-order valence-corrected chi connectivity index (χ3v) is 4.23. The van der Waals surface area contributed by atoms with Crippen molar-refractivity contribution >= 4 is 16.3 Å². The maximum absolute atomic E-state index is 4.61. The number of hydrogen-bond acceptors (Lipinski definition) is 6. The van der Waals surface area contributed by atoms with Gasteiger partial charge in [-0.05, 0) is 19.8 Å². The lowest BCUT2D eigenvalue weighted by atomic mass is 10.4. The second kappa shape index (κ2) is 3.58. The molecule has 1 aliphatic carbocycles. The van der Waals surface area contributed by atoms with E-state index in [1.54, 1.807) is 22.3 Å². The van der Waals surface area contributed by atoms with E-state index >= 15 is 0 Å². The Morgan fingerprint density at radius 3 is 3.00 bits per heavy atom. The Hall–Kier alpha value is -1.83. The molecule has 0 amide bonds. The Labute approximate surface area is 106 Å². The Morgan fingerprint density at radius 2 is 2.28 bits per heavy atom. The van der Waals surface area contributed by atoms with Crippen LogP contribution >= 0.6 is 11.3 Å². The maximum Gasteiger partial charge on any atom is 0.234 e. The zero-order valence-corrected chi connectivity index (χ0v) is 10.6. The van der Waals surface area contributed by atoms with Gasteiger partial charge < -0.3 is 0 Å². The summed E-state index contributed by atoms with van der Waals surface area (Å²) in [5.41, 5.74) is 0. The fourth-order valence-corrected chi connectivity index (χ4v) is 2.83. The zero-order valence-electron chi connectivity index (χ0n) is 9.76. The molecule has 1 atom stereocenters. The average Bonchev–Trinajstić information content (AvgIpc) is 2.85. The molecule has 8 heteroatoms. The molecule has 0 saturated heterocycles. The monoisotopic (exact) mass is 261 g/mol. The first-order valence-electron chi connectivity index (χ1n) is 5.89. The zero-order chi connectivity index (χ0) is 12.1. The van der Waals surface area contributed by atoms with Crippen molar-refractivity contribution in [1.29, 1.82) is 0 Å². The van der Waals surface area contributed by atoms with Gasteiger partial charge in [0.15, 0.2) is 5.82 Å². The summed E-state index contributed by atoms with van der Waals surface area (Å²) in [7, 11) is 0. The van der Waals surface area contributed by atoms with E-state index in [0.717, 1.165) is 15.8 Å². The van der Waals surface area contributed by atoms with Gasteiger partial charge in [-0.3, -0.25) is 0 Å². The second-order valence-electron chi connectivity index (χ2n) is 4.52. The van der Waals surface area contributed by atoms with E-state index in [2.05, 4.69) is 32.3 Å². The molecule has 7 nitrogen and oxygen atoms in total. The predicted molar refractivity (Wildman–Crippen MR) is 64.5 cm³/mol. The molecule has 0 N–H and O–H groups in total. The van der Waals surface area contributed by atoms with E-state index in [1.165, 1.54) is 19.2 Å². The minimum atomic E-state index is 0.0752. The van der Waals surface area contributed by atoms with Crippen LogP contribution in [0.5, 0.6) is 0 Å². The lowest BCUT2D eigenvalue weighted by Gasteiger charge is -2.06. The second-order valence-corrected chi connectivity index (χ2v) is 5.51. The first kappa shape index (κ1) is 10.1. The molecule has 1 unspecified atom stereocenters. The molecule has 18 heavy (non-hydrogen) atoms. The summed E-state index contributed by atoms with van der Waals surface area (Å²) in [5, 5.41) is 18.1. The Balaban J connectivity index is 1.77. The van der Waals surface area contributed by atoms with Gasteiger partial charge in [0.05, 0.1) is 0 Å². The van der Waals surface area contributed by atoms with Crippen molar-refractivity contribution < 1.29 is 0 Å². The summed E-state index contributed by atoms with van der Waals surface area (Å²) in [6.07, 6.45) is 5.64. The van der Waals surface area contributed by atoms with Crippen molar-refractivity contribution in [2.75, 3.05) is 0 Å². The number of nitrogens with zero attached hydrogens (tertiary/aromatic N) is 7. The van der Waals surface area contributed by atoms with E-state index in [-0.39, 0.29) is 6.04 Å². The highest BCUT2D eigenvalue weighted by Crippen LogP contribution is 2.39. The van der Waals surface area contributed by atoms with Crippen molar-refractivity contribution in [2.24, 2.45) is 0 Å². The molecule has 3 heterocycles. The van der Waals surface area contributed by atoms with Crippen LogP contribution in [0.3, 0.4) is 0 Å². The van der Waals surface area contributed by atoms with Crippen molar-refractivity contribution in [3.8, 4) is 0 Å². The maximum atomic E-state index is 4.61.